The molecule has 0 heterocycles. The summed E-state index contributed by atoms with van der Waals surface area (Å²) in [7, 11) is 0. The van der Waals surface area contributed by atoms with Gasteiger partial charge in [0.2, 0.25) is 5.78 Å². The zero-order valence-corrected chi connectivity index (χ0v) is 11.6. The van der Waals surface area contributed by atoms with Crippen LogP contribution in [0.15, 0.2) is 24.3 Å². The average Bonchev–Trinajstić information content (AvgIpc) is 2.39. The van der Waals surface area contributed by atoms with Crippen LogP contribution in [0, 0.1) is 0 Å². The Kier molecular flexibility index (Phi) is 4.03. The van der Waals surface area contributed by atoms with E-state index in [1.165, 1.54) is 11.1 Å². The predicted octanol–water partition coefficient (Wildman–Crippen LogP) is 2.80. The summed E-state index contributed by atoms with van der Waals surface area (Å²) in [5.74, 6) is -1.12. The summed E-state index contributed by atoms with van der Waals surface area (Å²) in [6, 6.07) is 8.21. The number of ether oxygens (including phenoxy) is 1. The summed E-state index contributed by atoms with van der Waals surface area (Å²) in [6.07, 6.45) is 3.29. The number of carbonyl (C=O) groups is 2. The topological polar surface area (TPSA) is 43.4 Å². The highest BCUT2D eigenvalue weighted by atomic mass is 16.5. The van der Waals surface area contributed by atoms with Crippen LogP contribution in [0.5, 0.6) is 0 Å². The minimum atomic E-state index is -0.702. The normalized spacial score (nSPS) is 21.6. The number of rotatable bonds is 4. The molecule has 0 N–H and O–H groups in total. The lowest BCUT2D eigenvalue weighted by atomic mass is 9.69. The fourth-order valence-corrected chi connectivity index (χ4v) is 2.95. The van der Waals surface area contributed by atoms with Crippen molar-refractivity contribution in [2.24, 2.45) is 0 Å². The lowest BCUT2D eigenvalue weighted by Gasteiger charge is -2.35. The molecular weight excluding hydrogens is 240 g/mol. The second kappa shape index (κ2) is 5.55. The molecule has 0 fully saturated rings. The molecule has 0 aromatic heterocycles. The molecule has 1 aliphatic rings. The van der Waals surface area contributed by atoms with Crippen LogP contribution < -0.4 is 0 Å². The van der Waals surface area contributed by atoms with Crippen LogP contribution in [0.1, 0.15) is 44.2 Å². The standard InChI is InChI=1S/C16H20O3/c1-3-19-15(18)14(17)11-16(2)10-6-8-12-7-4-5-9-13(12)16/h4-5,7,9H,3,6,8,10-11H2,1-2H3. The molecule has 3 nitrogen and oxygen atoms in total. The van der Waals surface area contributed by atoms with Crippen molar-refractivity contribution in [2.75, 3.05) is 6.61 Å². The van der Waals surface area contributed by atoms with E-state index in [1.54, 1.807) is 6.92 Å². The second-order valence-corrected chi connectivity index (χ2v) is 5.39. The summed E-state index contributed by atoms with van der Waals surface area (Å²) < 4.78 is 4.79. The van der Waals surface area contributed by atoms with E-state index in [0.717, 1.165) is 19.3 Å². The quantitative estimate of drug-likeness (QED) is 0.617. The highest BCUT2D eigenvalue weighted by Gasteiger charge is 2.35. The number of hydrogen-bond donors (Lipinski definition) is 0. The number of carbonyl (C=O) groups excluding carboxylic acids is 2. The molecule has 0 aliphatic heterocycles. The van der Waals surface area contributed by atoms with Crippen LogP contribution >= 0.6 is 0 Å². The molecule has 0 spiro atoms. The molecule has 1 aliphatic carbocycles. The summed E-state index contributed by atoms with van der Waals surface area (Å²) in [5, 5.41) is 0. The van der Waals surface area contributed by atoms with Gasteiger partial charge in [-0.05, 0) is 37.3 Å². The van der Waals surface area contributed by atoms with Gasteiger partial charge in [-0.25, -0.2) is 4.79 Å². The van der Waals surface area contributed by atoms with Gasteiger partial charge in [-0.2, -0.15) is 0 Å². The Balaban J connectivity index is 2.20. The number of benzene rings is 1. The Morgan fingerprint density at radius 3 is 2.79 bits per heavy atom. The van der Waals surface area contributed by atoms with Gasteiger partial charge in [0, 0.05) is 11.8 Å². The number of hydrogen-bond acceptors (Lipinski definition) is 3. The van der Waals surface area contributed by atoms with Gasteiger partial charge in [0.05, 0.1) is 6.61 Å². The number of Topliss-reactive ketones (excluding diaryl/α,β-unsaturated/α-hetero) is 1. The molecule has 0 radical (unpaired) electrons. The first-order valence-electron chi connectivity index (χ1n) is 6.85. The number of aryl methyl sites for hydroxylation is 1. The smallest absolute Gasteiger partial charge is 0.374 e. The summed E-state index contributed by atoms with van der Waals surface area (Å²) >= 11 is 0. The Morgan fingerprint density at radius 2 is 2.05 bits per heavy atom. The van der Waals surface area contributed by atoms with Crippen LogP contribution in [-0.2, 0) is 26.2 Å². The van der Waals surface area contributed by atoms with Crippen LogP contribution in [0.3, 0.4) is 0 Å². The maximum absolute atomic E-state index is 11.9. The minimum Gasteiger partial charge on any atom is -0.460 e. The van der Waals surface area contributed by atoms with Crippen molar-refractivity contribution in [1.82, 2.24) is 0 Å². The van der Waals surface area contributed by atoms with Gasteiger partial charge in [-0.1, -0.05) is 31.2 Å². The van der Waals surface area contributed by atoms with Crippen molar-refractivity contribution < 1.29 is 14.3 Å². The lowest BCUT2D eigenvalue weighted by Crippen LogP contribution is -2.33. The van der Waals surface area contributed by atoms with Crippen molar-refractivity contribution in [3.05, 3.63) is 35.4 Å². The number of esters is 1. The van der Waals surface area contributed by atoms with Gasteiger partial charge in [-0.15, -0.1) is 0 Å². The van der Waals surface area contributed by atoms with Crippen LogP contribution in [0.4, 0.5) is 0 Å². The number of fused-ring (bicyclic) bond motifs is 1. The van der Waals surface area contributed by atoms with E-state index in [0.29, 0.717) is 0 Å². The second-order valence-electron chi connectivity index (χ2n) is 5.39. The average molecular weight is 260 g/mol. The van der Waals surface area contributed by atoms with Gasteiger partial charge in [0.1, 0.15) is 0 Å². The van der Waals surface area contributed by atoms with Gasteiger partial charge < -0.3 is 4.74 Å². The maximum Gasteiger partial charge on any atom is 0.374 e. The third-order valence-corrected chi connectivity index (χ3v) is 3.90. The third-order valence-electron chi connectivity index (χ3n) is 3.90. The maximum atomic E-state index is 11.9. The van der Waals surface area contributed by atoms with E-state index in [2.05, 4.69) is 19.1 Å². The predicted molar refractivity (Wildman–Crippen MR) is 73.0 cm³/mol. The van der Waals surface area contributed by atoms with E-state index < -0.39 is 11.8 Å². The first kappa shape index (κ1) is 13.8. The fraction of sp³-hybridized carbons (Fsp3) is 0.500. The van der Waals surface area contributed by atoms with Crippen LogP contribution in [0.25, 0.3) is 0 Å². The third kappa shape index (κ3) is 2.86. The van der Waals surface area contributed by atoms with E-state index in [9.17, 15) is 9.59 Å². The minimum absolute atomic E-state index is 0.237. The molecule has 1 unspecified atom stereocenters. The Hall–Kier alpha value is -1.64. The molecule has 102 valence electrons. The SMILES string of the molecule is CCOC(=O)C(=O)CC1(C)CCCc2ccccc21. The summed E-state index contributed by atoms with van der Waals surface area (Å²) in [4.78, 5) is 23.4. The Morgan fingerprint density at radius 1 is 1.32 bits per heavy atom. The molecule has 1 aromatic rings. The first-order valence-corrected chi connectivity index (χ1v) is 6.85. The van der Waals surface area contributed by atoms with Crippen molar-refractivity contribution in [3.63, 3.8) is 0 Å². The van der Waals surface area contributed by atoms with Crippen molar-refractivity contribution in [2.45, 2.75) is 44.9 Å². The molecule has 1 aromatic carbocycles. The molecule has 1 atom stereocenters. The molecule has 3 heteroatoms. The van der Waals surface area contributed by atoms with Gasteiger partial charge in [-0.3, -0.25) is 4.79 Å². The molecule has 0 saturated heterocycles. The zero-order chi connectivity index (χ0) is 13.9. The van der Waals surface area contributed by atoms with Gasteiger partial charge >= 0.3 is 5.97 Å². The van der Waals surface area contributed by atoms with E-state index in [4.69, 9.17) is 4.74 Å². The lowest BCUT2D eigenvalue weighted by molar-refractivity contribution is -0.154. The van der Waals surface area contributed by atoms with Crippen molar-refractivity contribution >= 4 is 11.8 Å². The van der Waals surface area contributed by atoms with Gasteiger partial charge in [0.15, 0.2) is 0 Å². The largest absolute Gasteiger partial charge is 0.460 e. The van der Waals surface area contributed by atoms with E-state index >= 15 is 0 Å². The van der Waals surface area contributed by atoms with E-state index in [1.807, 2.05) is 12.1 Å². The summed E-state index contributed by atoms with van der Waals surface area (Å²) in [5.41, 5.74) is 2.27. The molecule has 2 rings (SSSR count). The van der Waals surface area contributed by atoms with E-state index in [-0.39, 0.29) is 18.4 Å². The van der Waals surface area contributed by atoms with Crippen LogP contribution in [0.2, 0.25) is 0 Å². The Labute approximate surface area is 114 Å². The molecule has 0 amide bonds. The Bertz CT molecular complexity index is 493. The number of ketones is 1. The zero-order valence-electron chi connectivity index (χ0n) is 11.6. The molecule has 19 heavy (non-hydrogen) atoms. The highest BCUT2D eigenvalue weighted by Crippen LogP contribution is 2.39. The van der Waals surface area contributed by atoms with Gasteiger partial charge in [0.25, 0.3) is 0 Å². The highest BCUT2D eigenvalue weighted by molar-refractivity contribution is 6.33. The van der Waals surface area contributed by atoms with Crippen molar-refractivity contribution in [1.29, 1.82) is 0 Å². The fourth-order valence-electron chi connectivity index (χ4n) is 2.95. The summed E-state index contributed by atoms with van der Waals surface area (Å²) in [6.45, 7) is 4.03. The first-order chi connectivity index (χ1) is 9.07. The van der Waals surface area contributed by atoms with Crippen LogP contribution in [-0.4, -0.2) is 18.4 Å². The van der Waals surface area contributed by atoms with Crippen molar-refractivity contribution in [3.8, 4) is 0 Å². The molecule has 0 bridgehead atoms. The monoisotopic (exact) mass is 260 g/mol. The molecular formula is C16H20O3. The molecule has 0 saturated carbocycles.